The minimum Gasteiger partial charge on any atom is -0.508 e. The number of phenolic OH excluding ortho intramolecular Hbond substituents is 1. The lowest BCUT2D eigenvalue weighted by Gasteiger charge is -2.50. The van der Waals surface area contributed by atoms with Gasteiger partial charge in [0.2, 0.25) is 5.78 Å². The quantitative estimate of drug-likeness (QED) is 0.301. The summed E-state index contributed by atoms with van der Waals surface area (Å²) in [6, 6.07) is 5.36. The number of likely N-dealkylation sites (N-methyl/N-ethyl adjacent to an activating group) is 1. The van der Waals surface area contributed by atoms with Gasteiger partial charge in [0.25, 0.3) is 0 Å². The first-order valence-electron chi connectivity index (χ1n) is 11.6. The number of carbonyl (C=O) groups is 3. The van der Waals surface area contributed by atoms with Crippen molar-refractivity contribution in [2.75, 3.05) is 14.1 Å². The standard InChI is InChI=1S/C26H25N3O8/c1-28(2)20-15-10-13-9-14-12(11-27-29-7-3-4-8-29)5-6-16(30)18(14)21(31)17(13)23(33)26(15,37)24(34)19(22(20)32)25(35)36/h3-8,11,13,15,20,30-31,34,37H,9-10H2,1-2H3,(H,35,36)/t13-,15-,20-,26-/m0/s1. The maximum Gasteiger partial charge on any atom is 0.342 e. The van der Waals surface area contributed by atoms with Crippen LogP contribution in [0.5, 0.6) is 5.75 Å². The van der Waals surface area contributed by atoms with Crippen LogP contribution in [0.25, 0.3) is 5.76 Å². The highest BCUT2D eigenvalue weighted by atomic mass is 16.4. The smallest absolute Gasteiger partial charge is 0.342 e. The van der Waals surface area contributed by atoms with Gasteiger partial charge in [-0.1, -0.05) is 0 Å². The van der Waals surface area contributed by atoms with Gasteiger partial charge in [-0.15, -0.1) is 0 Å². The van der Waals surface area contributed by atoms with Crippen molar-refractivity contribution in [1.82, 2.24) is 9.58 Å². The molecule has 0 radical (unpaired) electrons. The summed E-state index contributed by atoms with van der Waals surface area (Å²) in [5.74, 6) is -7.74. The van der Waals surface area contributed by atoms with Crippen LogP contribution in [-0.4, -0.2) is 84.6 Å². The lowest BCUT2D eigenvalue weighted by Crippen LogP contribution is -2.65. The predicted molar refractivity (Wildman–Crippen MR) is 130 cm³/mol. The maximum atomic E-state index is 13.8. The highest BCUT2D eigenvalue weighted by molar-refractivity contribution is 6.23. The van der Waals surface area contributed by atoms with E-state index in [4.69, 9.17) is 0 Å². The zero-order valence-corrected chi connectivity index (χ0v) is 20.0. The molecule has 37 heavy (non-hydrogen) atoms. The first-order valence-corrected chi connectivity index (χ1v) is 11.6. The Morgan fingerprint density at radius 1 is 1.16 bits per heavy atom. The molecule has 3 aliphatic carbocycles. The molecule has 0 spiro atoms. The lowest BCUT2D eigenvalue weighted by atomic mass is 9.57. The SMILES string of the molecule is CN(C)[C@@H]1C(=O)C(C(=O)O)=C(O)[C@@]2(O)C(=O)C3=C(O)c4c(O)ccc(C=Nn5cccc5)c4C[C@H]3C[C@@H]12. The van der Waals surface area contributed by atoms with Crippen LogP contribution in [-0.2, 0) is 20.8 Å². The number of aromatic nitrogens is 1. The number of aliphatic hydroxyl groups excluding tert-OH is 2. The van der Waals surface area contributed by atoms with Crippen LogP contribution in [0.2, 0.25) is 0 Å². The second kappa shape index (κ2) is 8.43. The molecule has 0 bridgehead atoms. The van der Waals surface area contributed by atoms with E-state index in [0.717, 1.165) is 0 Å². The van der Waals surface area contributed by atoms with Crippen molar-refractivity contribution in [3.05, 3.63) is 70.3 Å². The van der Waals surface area contributed by atoms with E-state index >= 15 is 0 Å². The number of carboxylic acid groups (broad SMARTS) is 1. The fourth-order valence-electron chi connectivity index (χ4n) is 5.89. The molecule has 0 saturated heterocycles. The number of rotatable bonds is 4. The summed E-state index contributed by atoms with van der Waals surface area (Å²) in [5.41, 5.74) is -2.93. The Morgan fingerprint density at radius 3 is 2.46 bits per heavy atom. The summed E-state index contributed by atoms with van der Waals surface area (Å²) >= 11 is 0. The number of aliphatic hydroxyl groups is 3. The number of ketones is 2. The third-order valence-corrected chi connectivity index (χ3v) is 7.53. The van der Waals surface area contributed by atoms with Crippen molar-refractivity contribution < 1.29 is 39.9 Å². The number of carbonyl (C=O) groups excluding carboxylic acids is 2. The van der Waals surface area contributed by atoms with Gasteiger partial charge in [-0.2, -0.15) is 5.10 Å². The van der Waals surface area contributed by atoms with Gasteiger partial charge in [-0.25, -0.2) is 9.47 Å². The summed E-state index contributed by atoms with van der Waals surface area (Å²) in [6.45, 7) is 0. The van der Waals surface area contributed by atoms with Crippen LogP contribution in [0.15, 0.2) is 58.7 Å². The van der Waals surface area contributed by atoms with Crippen molar-refractivity contribution in [2.45, 2.75) is 24.5 Å². The molecule has 4 atom stereocenters. The van der Waals surface area contributed by atoms with Crippen molar-refractivity contribution in [3.63, 3.8) is 0 Å². The second-order valence-electron chi connectivity index (χ2n) is 9.74. The van der Waals surface area contributed by atoms with Gasteiger partial charge in [-0.3, -0.25) is 14.5 Å². The van der Waals surface area contributed by atoms with Crippen molar-refractivity contribution in [3.8, 4) is 5.75 Å². The number of nitrogens with zero attached hydrogens (tertiary/aromatic N) is 3. The molecular formula is C26H25N3O8. The van der Waals surface area contributed by atoms with Crippen molar-refractivity contribution in [1.29, 1.82) is 0 Å². The van der Waals surface area contributed by atoms with Crippen molar-refractivity contribution >= 4 is 29.5 Å². The summed E-state index contributed by atoms with van der Waals surface area (Å²) in [6.07, 6.45) is 5.16. The third-order valence-electron chi connectivity index (χ3n) is 7.53. The van der Waals surface area contributed by atoms with Crippen LogP contribution in [0.1, 0.15) is 23.1 Å². The second-order valence-corrected chi connectivity index (χ2v) is 9.74. The number of aliphatic carboxylic acids is 1. The minimum atomic E-state index is -2.74. The first kappa shape index (κ1) is 24.5. The number of hydrogen-bond donors (Lipinski definition) is 5. The van der Waals surface area contributed by atoms with Gasteiger partial charge >= 0.3 is 5.97 Å². The summed E-state index contributed by atoms with van der Waals surface area (Å²) in [7, 11) is 3.03. The number of Topliss-reactive ketones (excluding diaryl/α,β-unsaturated/α-hetero) is 2. The molecule has 1 fully saturated rings. The topological polar surface area (TPSA) is 173 Å². The molecule has 5 N–H and O–H groups in total. The monoisotopic (exact) mass is 507 g/mol. The Kier molecular flexibility index (Phi) is 5.57. The average molecular weight is 507 g/mol. The largest absolute Gasteiger partial charge is 0.508 e. The fourth-order valence-corrected chi connectivity index (χ4v) is 5.89. The average Bonchev–Trinajstić information content (AvgIpc) is 3.34. The Morgan fingerprint density at radius 2 is 1.84 bits per heavy atom. The van der Waals surface area contributed by atoms with E-state index in [1.807, 2.05) is 0 Å². The number of phenols is 1. The van der Waals surface area contributed by atoms with Crippen LogP contribution < -0.4 is 0 Å². The summed E-state index contributed by atoms with van der Waals surface area (Å²) in [5, 5.41) is 58.1. The molecule has 1 saturated carbocycles. The molecule has 5 rings (SSSR count). The lowest BCUT2D eigenvalue weighted by molar-refractivity contribution is -0.155. The van der Waals surface area contributed by atoms with E-state index < -0.39 is 58.1 Å². The molecule has 3 aliphatic rings. The fraction of sp³-hybridized carbons (Fsp3) is 0.308. The molecule has 2 aromatic rings. The molecule has 11 heteroatoms. The maximum absolute atomic E-state index is 13.8. The Balaban J connectivity index is 1.69. The number of carboxylic acids is 1. The molecule has 192 valence electrons. The Labute approximate surface area is 210 Å². The minimum absolute atomic E-state index is 0.00363. The van der Waals surface area contributed by atoms with E-state index in [9.17, 15) is 39.9 Å². The highest BCUT2D eigenvalue weighted by Gasteiger charge is 2.64. The number of fused-ring (bicyclic) bond motifs is 3. The van der Waals surface area contributed by atoms with Gasteiger partial charge in [0.05, 0.1) is 17.8 Å². The molecule has 1 aromatic carbocycles. The van der Waals surface area contributed by atoms with Gasteiger partial charge in [0.15, 0.2) is 17.1 Å². The molecule has 1 aromatic heterocycles. The number of hydrogen-bond acceptors (Lipinski definition) is 9. The van der Waals surface area contributed by atoms with Gasteiger partial charge in [0, 0.05) is 23.9 Å². The van der Waals surface area contributed by atoms with Crippen LogP contribution in [0, 0.1) is 11.8 Å². The van der Waals surface area contributed by atoms with Gasteiger partial charge in [0.1, 0.15) is 17.1 Å². The predicted octanol–water partition coefficient (Wildman–Crippen LogP) is 1.25. The molecule has 0 amide bonds. The summed E-state index contributed by atoms with van der Waals surface area (Å²) in [4.78, 5) is 40.1. The molecule has 11 nitrogen and oxygen atoms in total. The van der Waals surface area contributed by atoms with E-state index in [1.54, 1.807) is 41.5 Å². The van der Waals surface area contributed by atoms with Crippen LogP contribution >= 0.6 is 0 Å². The summed E-state index contributed by atoms with van der Waals surface area (Å²) < 4.78 is 1.57. The molecule has 0 aliphatic heterocycles. The van der Waals surface area contributed by atoms with Crippen molar-refractivity contribution in [2.24, 2.45) is 16.9 Å². The first-order chi connectivity index (χ1) is 17.5. The number of aromatic hydroxyl groups is 1. The van der Waals surface area contributed by atoms with Crippen LogP contribution in [0.4, 0.5) is 0 Å². The normalized spacial score (nSPS) is 27.5. The van der Waals surface area contributed by atoms with Gasteiger partial charge < -0.3 is 25.5 Å². The van der Waals surface area contributed by atoms with Crippen LogP contribution in [0.3, 0.4) is 0 Å². The highest BCUT2D eigenvalue weighted by Crippen LogP contribution is 2.52. The van der Waals surface area contributed by atoms with Gasteiger partial charge in [-0.05, 0) is 68.2 Å². The molecule has 1 heterocycles. The van der Waals surface area contributed by atoms with E-state index in [-0.39, 0.29) is 29.7 Å². The van der Waals surface area contributed by atoms with E-state index in [0.29, 0.717) is 11.1 Å². The zero-order valence-electron chi connectivity index (χ0n) is 20.0. The molecular weight excluding hydrogens is 482 g/mol. The third kappa shape index (κ3) is 3.42. The number of benzene rings is 1. The molecule has 0 unspecified atom stereocenters. The van der Waals surface area contributed by atoms with E-state index in [2.05, 4.69) is 5.10 Å². The Bertz CT molecular complexity index is 1440. The zero-order chi connectivity index (χ0) is 26.8. The van der Waals surface area contributed by atoms with E-state index in [1.165, 1.54) is 25.1 Å². The Hall–Kier alpha value is -4.22.